The molecule has 0 spiro atoms. The first-order valence-electron chi connectivity index (χ1n) is 10.9. The van der Waals surface area contributed by atoms with Crippen LogP contribution in [0.15, 0.2) is 47.6 Å². The molecule has 0 aliphatic heterocycles. The predicted molar refractivity (Wildman–Crippen MR) is 112 cm³/mol. The van der Waals surface area contributed by atoms with E-state index in [2.05, 4.69) is 0 Å². The first-order chi connectivity index (χ1) is 14.5. The lowest BCUT2D eigenvalue weighted by Crippen LogP contribution is -2.15. The van der Waals surface area contributed by atoms with E-state index in [4.69, 9.17) is 4.74 Å². The summed E-state index contributed by atoms with van der Waals surface area (Å²) in [5, 5.41) is 0. The fourth-order valence-electron chi connectivity index (χ4n) is 4.64. The Hall–Kier alpha value is -2.04. The molecular formula is C25H30F4O. The van der Waals surface area contributed by atoms with E-state index >= 15 is 0 Å². The molecule has 1 unspecified atom stereocenters. The standard InChI is InChI=1S/C25H30F4O/c1-3-5-18-12-13-19(23(27)22(18)26)11-8-16-6-9-17(10-7-16)20-14-15-21(30-4-2)25(29)24(20)28/h3,5,13-18H,4,6-12H2,1-2H3/b5-3+. The Bertz CT molecular complexity index is 832. The predicted octanol–water partition coefficient (Wildman–Crippen LogP) is 8.09. The van der Waals surface area contributed by atoms with Gasteiger partial charge in [-0.1, -0.05) is 24.3 Å². The Morgan fingerprint density at radius 2 is 1.77 bits per heavy atom. The molecule has 2 aliphatic rings. The van der Waals surface area contributed by atoms with Crippen LogP contribution in [0.2, 0.25) is 0 Å². The number of rotatable bonds is 7. The van der Waals surface area contributed by atoms with Gasteiger partial charge in [-0.15, -0.1) is 0 Å². The normalized spacial score (nSPS) is 25.0. The first kappa shape index (κ1) is 22.6. The lowest BCUT2D eigenvalue weighted by Gasteiger charge is -2.29. The molecule has 0 radical (unpaired) electrons. The summed E-state index contributed by atoms with van der Waals surface area (Å²) in [5.74, 6) is -3.26. The molecule has 1 saturated carbocycles. The number of allylic oxidation sites excluding steroid dienone is 6. The van der Waals surface area contributed by atoms with Crippen molar-refractivity contribution in [3.8, 4) is 5.75 Å². The van der Waals surface area contributed by atoms with Gasteiger partial charge in [0.1, 0.15) is 5.83 Å². The Kier molecular flexibility index (Phi) is 7.79. The fraction of sp³-hybridized carbons (Fsp3) is 0.520. The smallest absolute Gasteiger partial charge is 0.200 e. The van der Waals surface area contributed by atoms with Crippen LogP contribution in [-0.4, -0.2) is 6.61 Å². The molecule has 5 heteroatoms. The monoisotopic (exact) mass is 422 g/mol. The lowest BCUT2D eigenvalue weighted by atomic mass is 9.76. The van der Waals surface area contributed by atoms with E-state index in [9.17, 15) is 17.6 Å². The molecule has 0 aromatic heterocycles. The van der Waals surface area contributed by atoms with Crippen molar-refractivity contribution in [2.45, 2.75) is 64.7 Å². The van der Waals surface area contributed by atoms with Crippen molar-refractivity contribution >= 4 is 0 Å². The van der Waals surface area contributed by atoms with E-state index in [1.807, 2.05) is 6.08 Å². The minimum Gasteiger partial charge on any atom is -0.491 e. The van der Waals surface area contributed by atoms with Crippen molar-refractivity contribution in [3.63, 3.8) is 0 Å². The quantitative estimate of drug-likeness (QED) is 0.319. The van der Waals surface area contributed by atoms with Gasteiger partial charge in [-0.25, -0.2) is 13.2 Å². The number of hydrogen-bond acceptors (Lipinski definition) is 1. The molecule has 3 rings (SSSR count). The highest BCUT2D eigenvalue weighted by Crippen LogP contribution is 2.41. The van der Waals surface area contributed by atoms with Gasteiger partial charge in [0.25, 0.3) is 0 Å². The molecule has 1 atom stereocenters. The van der Waals surface area contributed by atoms with Crippen LogP contribution in [0, 0.1) is 23.5 Å². The lowest BCUT2D eigenvalue weighted by molar-refractivity contribution is 0.296. The molecule has 0 bridgehead atoms. The van der Waals surface area contributed by atoms with Gasteiger partial charge in [0, 0.05) is 5.92 Å². The van der Waals surface area contributed by atoms with E-state index in [0.29, 0.717) is 29.9 Å². The zero-order chi connectivity index (χ0) is 21.7. The Morgan fingerprint density at radius 1 is 1.03 bits per heavy atom. The second-order valence-corrected chi connectivity index (χ2v) is 8.23. The highest BCUT2D eigenvalue weighted by molar-refractivity contribution is 5.35. The van der Waals surface area contributed by atoms with Gasteiger partial charge in [0.2, 0.25) is 5.82 Å². The van der Waals surface area contributed by atoms with Gasteiger partial charge in [-0.05, 0) is 87.8 Å². The average molecular weight is 423 g/mol. The summed E-state index contributed by atoms with van der Waals surface area (Å²) in [4.78, 5) is 0. The van der Waals surface area contributed by atoms with Crippen LogP contribution in [0.4, 0.5) is 17.6 Å². The van der Waals surface area contributed by atoms with Crippen molar-refractivity contribution in [1.29, 1.82) is 0 Å². The number of halogens is 4. The average Bonchev–Trinajstić information content (AvgIpc) is 2.75. The molecule has 2 aliphatic carbocycles. The second-order valence-electron chi connectivity index (χ2n) is 8.23. The van der Waals surface area contributed by atoms with E-state index < -0.39 is 29.2 Å². The van der Waals surface area contributed by atoms with Crippen molar-refractivity contribution in [1.82, 2.24) is 0 Å². The summed E-state index contributed by atoms with van der Waals surface area (Å²) in [5.41, 5.74) is 0.880. The van der Waals surface area contributed by atoms with Crippen LogP contribution >= 0.6 is 0 Å². The summed E-state index contributed by atoms with van der Waals surface area (Å²) < 4.78 is 62.3. The Labute approximate surface area is 176 Å². The van der Waals surface area contributed by atoms with Gasteiger partial charge in [-0.2, -0.15) is 4.39 Å². The maximum atomic E-state index is 14.5. The van der Waals surface area contributed by atoms with E-state index in [0.717, 1.165) is 32.1 Å². The van der Waals surface area contributed by atoms with Gasteiger partial charge < -0.3 is 4.74 Å². The van der Waals surface area contributed by atoms with Gasteiger partial charge in [0.05, 0.1) is 6.61 Å². The third kappa shape index (κ3) is 4.98. The fourth-order valence-corrected chi connectivity index (χ4v) is 4.64. The molecule has 1 aromatic rings. The molecule has 30 heavy (non-hydrogen) atoms. The topological polar surface area (TPSA) is 9.23 Å². The Morgan fingerprint density at radius 3 is 2.43 bits per heavy atom. The van der Waals surface area contributed by atoms with Gasteiger partial charge in [0.15, 0.2) is 17.4 Å². The minimum atomic E-state index is -0.916. The van der Waals surface area contributed by atoms with Crippen LogP contribution in [0.5, 0.6) is 5.75 Å². The Balaban J connectivity index is 1.54. The highest BCUT2D eigenvalue weighted by Gasteiger charge is 2.28. The summed E-state index contributed by atoms with van der Waals surface area (Å²) in [6.07, 6.45) is 10.3. The van der Waals surface area contributed by atoms with E-state index in [1.54, 1.807) is 32.1 Å². The minimum absolute atomic E-state index is 0.0176. The van der Waals surface area contributed by atoms with Gasteiger partial charge in [-0.3, -0.25) is 0 Å². The molecule has 0 heterocycles. The highest BCUT2D eigenvalue weighted by atomic mass is 19.2. The molecule has 0 saturated heterocycles. The van der Waals surface area contributed by atoms with Crippen LogP contribution in [0.1, 0.15) is 70.3 Å². The zero-order valence-corrected chi connectivity index (χ0v) is 17.7. The van der Waals surface area contributed by atoms with Crippen LogP contribution in [0.3, 0.4) is 0 Å². The molecular weight excluding hydrogens is 392 g/mol. The van der Waals surface area contributed by atoms with E-state index in [1.165, 1.54) is 6.07 Å². The SMILES string of the molecule is C/C=C/C1CC=C(CCC2CCC(c3ccc(OCC)c(F)c3F)CC2)C(F)=C1F. The summed E-state index contributed by atoms with van der Waals surface area (Å²) in [6.45, 7) is 3.81. The van der Waals surface area contributed by atoms with Crippen LogP contribution in [0.25, 0.3) is 0 Å². The second kappa shape index (κ2) is 10.3. The molecule has 0 amide bonds. The van der Waals surface area contributed by atoms with Gasteiger partial charge >= 0.3 is 0 Å². The van der Waals surface area contributed by atoms with Crippen molar-refractivity contribution in [3.05, 3.63) is 64.8 Å². The van der Waals surface area contributed by atoms with Crippen molar-refractivity contribution < 1.29 is 22.3 Å². The third-order valence-corrected chi connectivity index (χ3v) is 6.35. The van der Waals surface area contributed by atoms with Crippen molar-refractivity contribution in [2.75, 3.05) is 6.61 Å². The third-order valence-electron chi connectivity index (χ3n) is 6.35. The molecule has 1 aromatic carbocycles. The maximum absolute atomic E-state index is 14.5. The molecule has 1 fully saturated rings. The summed E-state index contributed by atoms with van der Waals surface area (Å²) >= 11 is 0. The molecule has 1 nitrogen and oxygen atoms in total. The van der Waals surface area contributed by atoms with Crippen LogP contribution in [-0.2, 0) is 0 Å². The zero-order valence-electron chi connectivity index (χ0n) is 17.7. The molecule has 164 valence electrons. The number of hydrogen-bond donors (Lipinski definition) is 0. The largest absolute Gasteiger partial charge is 0.491 e. The maximum Gasteiger partial charge on any atom is 0.200 e. The first-order valence-corrected chi connectivity index (χ1v) is 10.9. The number of ether oxygens (including phenoxy) is 1. The summed E-state index contributed by atoms with van der Waals surface area (Å²) in [7, 11) is 0. The van der Waals surface area contributed by atoms with Crippen LogP contribution < -0.4 is 4.74 Å². The molecule has 0 N–H and O–H groups in total. The summed E-state index contributed by atoms with van der Waals surface area (Å²) in [6, 6.07) is 3.13. The van der Waals surface area contributed by atoms with E-state index in [-0.39, 0.29) is 18.3 Å². The van der Waals surface area contributed by atoms with Crippen molar-refractivity contribution in [2.24, 2.45) is 11.8 Å². The number of benzene rings is 1.